The molecule has 0 aromatic heterocycles. The zero-order valence-electron chi connectivity index (χ0n) is 18.0. The first kappa shape index (κ1) is 23.3. The van der Waals surface area contributed by atoms with Crippen LogP contribution in [0.1, 0.15) is 44.7 Å². The third-order valence-electron chi connectivity index (χ3n) is 4.88. The molecule has 1 aliphatic rings. The maximum atomic E-state index is 13.6. The summed E-state index contributed by atoms with van der Waals surface area (Å²) in [6.07, 6.45) is -2.25. The van der Waals surface area contributed by atoms with Crippen molar-refractivity contribution in [2.75, 3.05) is 33.7 Å². The highest BCUT2D eigenvalue weighted by atomic mass is 19.4. The van der Waals surface area contributed by atoms with Gasteiger partial charge in [0.2, 0.25) is 0 Å². The highest BCUT2D eigenvalue weighted by Crippen LogP contribution is 2.35. The largest absolute Gasteiger partial charge is 0.488 e. The Morgan fingerprint density at radius 2 is 1.83 bits per heavy atom. The molecule has 164 valence electrons. The third-order valence-corrected chi connectivity index (χ3v) is 4.88. The van der Waals surface area contributed by atoms with E-state index in [0.29, 0.717) is 11.9 Å². The number of guanidine groups is 1. The molecular formula is C21H33F3N4O. The third kappa shape index (κ3) is 7.76. The molecule has 1 aliphatic heterocycles. The van der Waals surface area contributed by atoms with E-state index < -0.39 is 17.3 Å². The van der Waals surface area contributed by atoms with Gasteiger partial charge in [-0.2, -0.15) is 13.2 Å². The molecule has 0 unspecified atom stereocenters. The predicted molar refractivity (Wildman–Crippen MR) is 110 cm³/mol. The lowest BCUT2D eigenvalue weighted by molar-refractivity contribution is -0.138. The van der Waals surface area contributed by atoms with Gasteiger partial charge in [-0.15, -0.1) is 0 Å². The number of nitrogens with one attached hydrogen (secondary N) is 2. The van der Waals surface area contributed by atoms with Crippen LogP contribution in [-0.4, -0.2) is 50.2 Å². The Bertz CT molecular complexity index is 690. The number of benzene rings is 1. The van der Waals surface area contributed by atoms with E-state index in [4.69, 9.17) is 4.74 Å². The smallest absolute Gasteiger partial charge is 0.416 e. The molecule has 0 bridgehead atoms. The van der Waals surface area contributed by atoms with Crippen LogP contribution in [-0.2, 0) is 12.7 Å². The fraction of sp³-hybridized carbons (Fsp3) is 0.667. The summed E-state index contributed by atoms with van der Waals surface area (Å²) in [7, 11) is 3.73. The van der Waals surface area contributed by atoms with Gasteiger partial charge in [0.1, 0.15) is 11.4 Å². The van der Waals surface area contributed by atoms with Gasteiger partial charge in [-0.3, -0.25) is 4.99 Å². The van der Waals surface area contributed by atoms with Crippen LogP contribution in [0.5, 0.6) is 5.75 Å². The van der Waals surface area contributed by atoms with Gasteiger partial charge in [0, 0.05) is 20.1 Å². The van der Waals surface area contributed by atoms with Crippen LogP contribution < -0.4 is 15.4 Å². The van der Waals surface area contributed by atoms with Crippen molar-refractivity contribution in [3.63, 3.8) is 0 Å². The Balaban J connectivity index is 2.00. The molecule has 8 heteroatoms. The summed E-state index contributed by atoms with van der Waals surface area (Å²) in [5.74, 6) is 1.26. The molecule has 0 amide bonds. The summed E-state index contributed by atoms with van der Waals surface area (Å²) in [5.41, 5.74) is -1.11. The molecule has 5 nitrogen and oxygen atoms in total. The summed E-state index contributed by atoms with van der Waals surface area (Å²) >= 11 is 0. The number of aliphatic imine (C=N–C) groups is 1. The fourth-order valence-electron chi connectivity index (χ4n) is 3.30. The number of ether oxygens (including phenoxy) is 1. The molecule has 0 saturated carbocycles. The highest BCUT2D eigenvalue weighted by Gasteiger charge is 2.34. The average Bonchev–Trinajstić information content (AvgIpc) is 2.62. The molecule has 1 saturated heterocycles. The lowest BCUT2D eigenvalue weighted by Gasteiger charge is -2.29. The second-order valence-electron chi connectivity index (χ2n) is 8.58. The SMILES string of the molecule is CN=C(NCc1ccc(OC(C)(C)C)cc1C(F)(F)F)NCC1CCN(C)CC1. The second kappa shape index (κ2) is 9.69. The van der Waals surface area contributed by atoms with E-state index in [-0.39, 0.29) is 17.9 Å². The quantitative estimate of drug-likeness (QED) is 0.567. The van der Waals surface area contributed by atoms with Crippen molar-refractivity contribution in [1.29, 1.82) is 0 Å². The van der Waals surface area contributed by atoms with E-state index in [0.717, 1.165) is 38.5 Å². The van der Waals surface area contributed by atoms with Crippen LogP contribution in [0.25, 0.3) is 0 Å². The van der Waals surface area contributed by atoms with Crippen LogP contribution in [0.2, 0.25) is 0 Å². The van der Waals surface area contributed by atoms with Crippen molar-refractivity contribution < 1.29 is 17.9 Å². The van der Waals surface area contributed by atoms with E-state index >= 15 is 0 Å². The van der Waals surface area contributed by atoms with Gasteiger partial charge in [0.15, 0.2) is 5.96 Å². The Kier molecular flexibility index (Phi) is 7.80. The normalized spacial score (nSPS) is 17.3. The predicted octanol–water partition coefficient (Wildman–Crippen LogP) is 3.89. The minimum absolute atomic E-state index is 0.0255. The molecule has 29 heavy (non-hydrogen) atoms. The summed E-state index contributed by atoms with van der Waals surface area (Å²) in [6.45, 7) is 8.32. The number of hydrogen-bond donors (Lipinski definition) is 2. The average molecular weight is 415 g/mol. The van der Waals surface area contributed by atoms with Crippen LogP contribution in [0.4, 0.5) is 13.2 Å². The van der Waals surface area contributed by atoms with Gasteiger partial charge >= 0.3 is 6.18 Å². The van der Waals surface area contributed by atoms with E-state index in [1.165, 1.54) is 6.07 Å². The van der Waals surface area contributed by atoms with Crippen molar-refractivity contribution in [2.45, 2.75) is 51.9 Å². The summed E-state index contributed by atoms with van der Waals surface area (Å²) in [5, 5.41) is 6.24. The van der Waals surface area contributed by atoms with Crippen LogP contribution in [0, 0.1) is 5.92 Å². The van der Waals surface area contributed by atoms with Gasteiger partial charge in [0.25, 0.3) is 0 Å². The first-order valence-corrected chi connectivity index (χ1v) is 10.00. The molecule has 0 radical (unpaired) electrons. The number of piperidine rings is 1. The standard InChI is InChI=1S/C21H33F3N4O/c1-20(2,3)29-17-7-6-16(18(12-17)21(22,23)24)14-27-19(25-4)26-13-15-8-10-28(5)11-9-15/h6-7,12,15H,8-11,13-14H2,1-5H3,(H2,25,26,27). The summed E-state index contributed by atoms with van der Waals surface area (Å²) in [6, 6.07) is 4.10. The first-order chi connectivity index (χ1) is 13.5. The summed E-state index contributed by atoms with van der Waals surface area (Å²) < 4.78 is 46.3. The maximum Gasteiger partial charge on any atom is 0.416 e. The number of likely N-dealkylation sites (tertiary alicyclic amines) is 1. The maximum absolute atomic E-state index is 13.6. The molecule has 1 heterocycles. The van der Waals surface area contributed by atoms with Crippen molar-refractivity contribution in [1.82, 2.24) is 15.5 Å². The Hall–Kier alpha value is -1.96. The van der Waals surface area contributed by atoms with Gasteiger partial charge < -0.3 is 20.3 Å². The molecular weight excluding hydrogens is 381 g/mol. The number of nitrogens with zero attached hydrogens (tertiary/aromatic N) is 2. The molecule has 2 N–H and O–H groups in total. The number of rotatable bonds is 5. The number of alkyl halides is 3. The topological polar surface area (TPSA) is 48.9 Å². The van der Waals surface area contributed by atoms with Gasteiger partial charge in [-0.05, 0) is 77.4 Å². The van der Waals surface area contributed by atoms with E-state index in [1.54, 1.807) is 33.9 Å². The zero-order chi connectivity index (χ0) is 21.7. The highest BCUT2D eigenvalue weighted by molar-refractivity contribution is 5.79. The second-order valence-corrected chi connectivity index (χ2v) is 8.58. The molecule has 0 atom stereocenters. The zero-order valence-corrected chi connectivity index (χ0v) is 18.0. The lowest BCUT2D eigenvalue weighted by atomic mass is 9.97. The fourth-order valence-corrected chi connectivity index (χ4v) is 3.30. The van der Waals surface area contributed by atoms with Crippen LogP contribution in [0.15, 0.2) is 23.2 Å². The van der Waals surface area contributed by atoms with Crippen LogP contribution in [0.3, 0.4) is 0 Å². The Morgan fingerprint density at radius 1 is 1.17 bits per heavy atom. The minimum atomic E-state index is -4.46. The van der Waals surface area contributed by atoms with E-state index in [2.05, 4.69) is 27.6 Å². The molecule has 1 aromatic rings. The molecule has 1 fully saturated rings. The van der Waals surface area contributed by atoms with Gasteiger partial charge in [-0.1, -0.05) is 6.07 Å². The van der Waals surface area contributed by atoms with E-state index in [1.807, 2.05) is 0 Å². The van der Waals surface area contributed by atoms with Crippen molar-refractivity contribution in [3.8, 4) is 5.75 Å². The lowest BCUT2D eigenvalue weighted by Crippen LogP contribution is -2.42. The molecule has 0 aliphatic carbocycles. The molecule has 0 spiro atoms. The van der Waals surface area contributed by atoms with Crippen molar-refractivity contribution in [2.24, 2.45) is 10.9 Å². The Labute approximate surface area is 171 Å². The minimum Gasteiger partial charge on any atom is -0.488 e. The van der Waals surface area contributed by atoms with Crippen LogP contribution >= 0.6 is 0 Å². The Morgan fingerprint density at radius 3 is 2.38 bits per heavy atom. The van der Waals surface area contributed by atoms with Gasteiger partial charge in [-0.25, -0.2) is 0 Å². The first-order valence-electron chi connectivity index (χ1n) is 10.00. The molecule has 2 rings (SSSR count). The number of hydrogen-bond acceptors (Lipinski definition) is 3. The monoisotopic (exact) mass is 414 g/mol. The van der Waals surface area contributed by atoms with Gasteiger partial charge in [0.05, 0.1) is 5.56 Å². The van der Waals surface area contributed by atoms with Crippen molar-refractivity contribution >= 4 is 5.96 Å². The molecule has 1 aromatic carbocycles. The van der Waals surface area contributed by atoms with Crippen molar-refractivity contribution in [3.05, 3.63) is 29.3 Å². The number of halogens is 3. The summed E-state index contributed by atoms with van der Waals surface area (Å²) in [4.78, 5) is 6.44. The van der Waals surface area contributed by atoms with E-state index in [9.17, 15) is 13.2 Å².